The van der Waals surface area contributed by atoms with E-state index in [1.165, 1.54) is 11.3 Å². The van der Waals surface area contributed by atoms with Gasteiger partial charge in [-0.25, -0.2) is 0 Å². The molecule has 0 spiro atoms. The van der Waals surface area contributed by atoms with Crippen LogP contribution in [0.15, 0.2) is 21.9 Å². The first-order valence-corrected chi connectivity index (χ1v) is 7.15. The predicted molar refractivity (Wildman–Crippen MR) is 76.8 cm³/mol. The zero-order valence-corrected chi connectivity index (χ0v) is 12.4. The second-order valence-corrected chi connectivity index (χ2v) is 4.36. The molecule has 0 fully saturated rings. The van der Waals surface area contributed by atoms with E-state index in [1.54, 1.807) is 0 Å². The number of rotatable bonds is 7. The lowest BCUT2D eigenvalue weighted by molar-refractivity contribution is 0.387. The minimum Gasteiger partial charge on any atom is -0.359 e. The highest BCUT2D eigenvalue weighted by Gasteiger charge is 2.15. The molecule has 3 heteroatoms. The Labute approximate surface area is 111 Å². The number of aryl methyl sites for hydroxylation is 1. The summed E-state index contributed by atoms with van der Waals surface area (Å²) in [5, 5.41) is 4.19. The Balaban J connectivity index is 3.10. The Morgan fingerprint density at radius 3 is 2.17 bits per heavy atom. The maximum Gasteiger partial charge on any atom is 0.176 e. The topological polar surface area (TPSA) is 29.3 Å². The van der Waals surface area contributed by atoms with Gasteiger partial charge in [-0.05, 0) is 26.2 Å². The lowest BCUT2D eigenvalue weighted by Crippen LogP contribution is -2.23. The third-order valence-corrected chi connectivity index (χ3v) is 3.41. The lowest BCUT2D eigenvalue weighted by Gasteiger charge is -2.25. The Hall–Kier alpha value is -1.25. The number of aromatic nitrogens is 1. The molecule has 0 aromatic carbocycles. The van der Waals surface area contributed by atoms with E-state index in [1.807, 2.05) is 0 Å². The van der Waals surface area contributed by atoms with Gasteiger partial charge in [0.2, 0.25) is 0 Å². The SMILES string of the molecule is CCC(CC)=C(CC)N(CC)c1cc(CC)on1. The van der Waals surface area contributed by atoms with Gasteiger partial charge in [-0.1, -0.05) is 38.4 Å². The van der Waals surface area contributed by atoms with E-state index in [4.69, 9.17) is 4.52 Å². The molecule has 0 saturated heterocycles. The minimum absolute atomic E-state index is 0.893. The molecular weight excluding hydrogens is 224 g/mol. The van der Waals surface area contributed by atoms with Crippen LogP contribution in [0.25, 0.3) is 0 Å². The van der Waals surface area contributed by atoms with Gasteiger partial charge in [0.1, 0.15) is 5.76 Å². The molecule has 0 atom stereocenters. The number of nitrogens with zero attached hydrogens (tertiary/aromatic N) is 2. The maximum absolute atomic E-state index is 5.32. The van der Waals surface area contributed by atoms with Crippen LogP contribution in [0.5, 0.6) is 0 Å². The van der Waals surface area contributed by atoms with Gasteiger partial charge in [0.05, 0.1) is 0 Å². The molecule has 0 aliphatic rings. The van der Waals surface area contributed by atoms with Crippen molar-refractivity contribution in [3.63, 3.8) is 0 Å². The van der Waals surface area contributed by atoms with Gasteiger partial charge in [-0.3, -0.25) is 0 Å². The molecule has 0 radical (unpaired) electrons. The van der Waals surface area contributed by atoms with Crippen LogP contribution in [0.2, 0.25) is 0 Å². The van der Waals surface area contributed by atoms with Crippen LogP contribution < -0.4 is 4.90 Å². The molecule has 102 valence electrons. The monoisotopic (exact) mass is 250 g/mol. The van der Waals surface area contributed by atoms with Gasteiger partial charge in [0, 0.05) is 24.7 Å². The van der Waals surface area contributed by atoms with Crippen molar-refractivity contribution >= 4 is 5.82 Å². The maximum atomic E-state index is 5.32. The molecule has 0 N–H and O–H groups in total. The zero-order chi connectivity index (χ0) is 13.5. The summed E-state index contributed by atoms with van der Waals surface area (Å²) in [6, 6.07) is 2.06. The second kappa shape index (κ2) is 7.24. The van der Waals surface area contributed by atoms with Crippen LogP contribution in [0.1, 0.15) is 59.6 Å². The third-order valence-electron chi connectivity index (χ3n) is 3.41. The molecule has 0 bridgehead atoms. The van der Waals surface area contributed by atoms with E-state index in [9.17, 15) is 0 Å². The average Bonchev–Trinajstić information content (AvgIpc) is 2.87. The molecule has 1 rings (SSSR count). The first-order chi connectivity index (χ1) is 8.71. The van der Waals surface area contributed by atoms with Crippen molar-refractivity contribution < 1.29 is 4.52 Å². The summed E-state index contributed by atoms with van der Waals surface area (Å²) in [4.78, 5) is 2.28. The van der Waals surface area contributed by atoms with E-state index in [0.29, 0.717) is 0 Å². The van der Waals surface area contributed by atoms with E-state index < -0.39 is 0 Å². The Morgan fingerprint density at radius 1 is 1.11 bits per heavy atom. The fourth-order valence-electron chi connectivity index (χ4n) is 2.38. The van der Waals surface area contributed by atoms with Crippen molar-refractivity contribution in [2.75, 3.05) is 11.4 Å². The molecule has 0 amide bonds. The highest BCUT2D eigenvalue weighted by molar-refractivity contribution is 5.47. The smallest absolute Gasteiger partial charge is 0.176 e. The van der Waals surface area contributed by atoms with Crippen molar-refractivity contribution in [3.05, 3.63) is 23.1 Å². The molecule has 0 aliphatic carbocycles. The van der Waals surface area contributed by atoms with Crippen molar-refractivity contribution in [1.29, 1.82) is 0 Å². The van der Waals surface area contributed by atoms with E-state index >= 15 is 0 Å². The fourth-order valence-corrected chi connectivity index (χ4v) is 2.38. The van der Waals surface area contributed by atoms with Gasteiger partial charge < -0.3 is 9.42 Å². The second-order valence-electron chi connectivity index (χ2n) is 4.36. The first-order valence-electron chi connectivity index (χ1n) is 7.15. The van der Waals surface area contributed by atoms with Crippen LogP contribution >= 0.6 is 0 Å². The van der Waals surface area contributed by atoms with Crippen LogP contribution in [-0.2, 0) is 6.42 Å². The van der Waals surface area contributed by atoms with Gasteiger partial charge in [0.25, 0.3) is 0 Å². The first kappa shape index (κ1) is 14.8. The summed E-state index contributed by atoms with van der Waals surface area (Å²) >= 11 is 0. The largest absolute Gasteiger partial charge is 0.359 e. The standard InChI is InChI=1S/C15H26N2O/c1-6-12(7-2)14(9-4)17(10-5)15-11-13(8-3)18-16-15/h11H,6-10H2,1-5H3. The number of hydrogen-bond acceptors (Lipinski definition) is 3. The molecule has 0 unspecified atom stereocenters. The summed E-state index contributed by atoms with van der Waals surface area (Å²) in [5.41, 5.74) is 2.92. The highest BCUT2D eigenvalue weighted by atomic mass is 16.5. The quantitative estimate of drug-likeness (QED) is 0.711. The lowest BCUT2D eigenvalue weighted by atomic mass is 10.1. The normalized spacial score (nSPS) is 10.5. The molecule has 3 nitrogen and oxygen atoms in total. The van der Waals surface area contributed by atoms with E-state index in [0.717, 1.165) is 43.8 Å². The predicted octanol–water partition coefficient (Wildman–Crippen LogP) is 4.55. The number of anilines is 1. The molecule has 1 aromatic heterocycles. The van der Waals surface area contributed by atoms with Gasteiger partial charge >= 0.3 is 0 Å². The van der Waals surface area contributed by atoms with Crippen molar-refractivity contribution in [3.8, 4) is 0 Å². The Bertz CT molecular complexity index is 387. The molecule has 0 aliphatic heterocycles. The van der Waals surface area contributed by atoms with Crippen molar-refractivity contribution in [1.82, 2.24) is 5.16 Å². The van der Waals surface area contributed by atoms with Gasteiger partial charge in [-0.15, -0.1) is 0 Å². The Morgan fingerprint density at radius 2 is 1.78 bits per heavy atom. The molecule has 1 aromatic rings. The zero-order valence-electron chi connectivity index (χ0n) is 12.4. The number of allylic oxidation sites excluding steroid dienone is 2. The summed E-state index contributed by atoms with van der Waals surface area (Å²) in [7, 11) is 0. The van der Waals surface area contributed by atoms with Crippen LogP contribution in [0.4, 0.5) is 5.82 Å². The van der Waals surface area contributed by atoms with Crippen LogP contribution in [0, 0.1) is 0 Å². The van der Waals surface area contributed by atoms with Crippen LogP contribution in [0.3, 0.4) is 0 Å². The summed E-state index contributed by atoms with van der Waals surface area (Å²) in [6.07, 6.45) is 4.15. The summed E-state index contributed by atoms with van der Waals surface area (Å²) in [5.74, 6) is 1.90. The third kappa shape index (κ3) is 3.15. The molecular formula is C15H26N2O. The van der Waals surface area contributed by atoms with Crippen LogP contribution in [-0.4, -0.2) is 11.7 Å². The highest BCUT2D eigenvalue weighted by Crippen LogP contribution is 2.25. The molecule has 18 heavy (non-hydrogen) atoms. The minimum atomic E-state index is 0.893. The number of hydrogen-bond donors (Lipinski definition) is 0. The van der Waals surface area contributed by atoms with E-state index in [-0.39, 0.29) is 0 Å². The van der Waals surface area contributed by atoms with Gasteiger partial charge in [0.15, 0.2) is 5.82 Å². The van der Waals surface area contributed by atoms with E-state index in [2.05, 4.69) is 50.7 Å². The fraction of sp³-hybridized carbons (Fsp3) is 0.667. The Kier molecular flexibility index (Phi) is 5.96. The van der Waals surface area contributed by atoms with Gasteiger partial charge in [-0.2, -0.15) is 0 Å². The van der Waals surface area contributed by atoms with Crippen molar-refractivity contribution in [2.24, 2.45) is 0 Å². The van der Waals surface area contributed by atoms with Crippen molar-refractivity contribution in [2.45, 2.75) is 60.3 Å². The summed E-state index contributed by atoms with van der Waals surface area (Å²) < 4.78 is 5.32. The molecule has 0 saturated carbocycles. The average molecular weight is 250 g/mol. The molecule has 1 heterocycles. The summed E-state index contributed by atoms with van der Waals surface area (Å²) in [6.45, 7) is 11.8.